The van der Waals surface area contributed by atoms with Gasteiger partial charge < -0.3 is 27.0 Å². The number of likely N-dealkylation sites (tertiary alicyclic amines) is 1. The van der Waals surface area contributed by atoms with Gasteiger partial charge in [0, 0.05) is 20.0 Å². The number of piperidine rings is 1. The summed E-state index contributed by atoms with van der Waals surface area (Å²) >= 11 is 1.26. The number of benzene rings is 1. The van der Waals surface area contributed by atoms with Gasteiger partial charge in [0.15, 0.2) is 11.0 Å². The van der Waals surface area contributed by atoms with Gasteiger partial charge >= 0.3 is 0 Å². The van der Waals surface area contributed by atoms with Crippen molar-refractivity contribution in [3.63, 3.8) is 0 Å². The minimum Gasteiger partial charge on any atom is -0.370 e. The fourth-order valence-electron chi connectivity index (χ4n) is 3.79. The van der Waals surface area contributed by atoms with Crippen LogP contribution < -0.4 is 22.1 Å². The van der Waals surface area contributed by atoms with Gasteiger partial charge in [0.1, 0.15) is 6.04 Å². The van der Waals surface area contributed by atoms with E-state index in [1.807, 2.05) is 24.3 Å². The average molecular weight is 488 g/mol. The first-order valence-electron chi connectivity index (χ1n) is 11.0. The second-order valence-electron chi connectivity index (χ2n) is 8.08. The molecule has 0 aliphatic carbocycles. The summed E-state index contributed by atoms with van der Waals surface area (Å²) in [6.07, 6.45) is 1.96. The summed E-state index contributed by atoms with van der Waals surface area (Å²) in [5.74, 6) is -1.42. The first-order chi connectivity index (χ1) is 16.2. The minimum absolute atomic E-state index is 0.0459. The Morgan fingerprint density at radius 1 is 1.29 bits per heavy atom. The molecule has 11 nitrogen and oxygen atoms in total. The third kappa shape index (κ3) is 6.73. The summed E-state index contributed by atoms with van der Waals surface area (Å²) in [4.78, 5) is 59.8. The van der Waals surface area contributed by atoms with Crippen molar-refractivity contribution >= 4 is 51.0 Å². The first kappa shape index (κ1) is 25.1. The van der Waals surface area contributed by atoms with Crippen LogP contribution in [0, 0.1) is 0 Å². The van der Waals surface area contributed by atoms with Crippen molar-refractivity contribution in [1.29, 1.82) is 0 Å². The number of amides is 3. The zero-order valence-electron chi connectivity index (χ0n) is 19.0. The number of guanidine groups is 1. The van der Waals surface area contributed by atoms with E-state index < -0.39 is 18.0 Å². The fraction of sp³-hybridized carbons (Fsp3) is 0.455. The quantitative estimate of drug-likeness (QED) is 0.160. The molecule has 1 aliphatic heterocycles. The lowest BCUT2D eigenvalue weighted by Gasteiger charge is -2.32. The van der Waals surface area contributed by atoms with Crippen molar-refractivity contribution in [2.75, 3.05) is 19.6 Å². The molecule has 1 aromatic heterocycles. The van der Waals surface area contributed by atoms with E-state index in [0.29, 0.717) is 49.3 Å². The van der Waals surface area contributed by atoms with Crippen molar-refractivity contribution in [3.8, 4) is 0 Å². The number of nitrogens with zero attached hydrogens (tertiary/aromatic N) is 3. The van der Waals surface area contributed by atoms with Crippen LogP contribution in [0.25, 0.3) is 10.2 Å². The van der Waals surface area contributed by atoms with Crippen LogP contribution in [0.5, 0.6) is 0 Å². The van der Waals surface area contributed by atoms with Crippen LogP contribution in [0.2, 0.25) is 0 Å². The van der Waals surface area contributed by atoms with Crippen molar-refractivity contribution in [2.45, 2.75) is 44.7 Å². The Labute approximate surface area is 201 Å². The second-order valence-corrected chi connectivity index (χ2v) is 9.11. The number of hydrogen-bond acceptors (Lipinski definition) is 7. The van der Waals surface area contributed by atoms with Crippen molar-refractivity contribution in [2.24, 2.45) is 16.5 Å². The lowest BCUT2D eigenvalue weighted by molar-refractivity contribution is -0.141. The Balaban J connectivity index is 1.69. The van der Waals surface area contributed by atoms with Crippen LogP contribution >= 0.6 is 11.3 Å². The monoisotopic (exact) mass is 487 g/mol. The van der Waals surface area contributed by atoms with Crippen molar-refractivity contribution < 1.29 is 19.2 Å². The Kier molecular flexibility index (Phi) is 8.52. The number of nitrogens with two attached hydrogens (primary N) is 2. The van der Waals surface area contributed by atoms with Gasteiger partial charge in [-0.05, 0) is 37.8 Å². The van der Waals surface area contributed by atoms with Gasteiger partial charge in [0.05, 0.1) is 22.8 Å². The van der Waals surface area contributed by atoms with Gasteiger partial charge in [-0.1, -0.05) is 12.1 Å². The maximum Gasteiger partial charge on any atom is 0.245 e. The summed E-state index contributed by atoms with van der Waals surface area (Å²) in [5.41, 5.74) is 11.4. The number of carbonyl (C=O) groups excluding carboxylic acids is 4. The topological polar surface area (TPSA) is 173 Å². The molecule has 3 rings (SSSR count). The standard InChI is InChI=1S/C22H29N7O4S/c1-13(30)26-16-8-5-11-29(21(16)33)12-18(31)27-15(7-4-10-25-22(23)24)19(32)20-28-14-6-2-3-9-17(14)34-20/h2-3,6,9,15-16H,4-5,7-8,10-12H2,1H3,(H,26,30)(H,27,31)(H4,23,24,25)/t15?,16-/m0/s1. The lowest BCUT2D eigenvalue weighted by Crippen LogP contribution is -2.55. The van der Waals surface area contributed by atoms with E-state index in [4.69, 9.17) is 11.5 Å². The molecule has 182 valence electrons. The molecule has 2 atom stereocenters. The van der Waals surface area contributed by atoms with Gasteiger partial charge in [0.2, 0.25) is 23.5 Å². The van der Waals surface area contributed by atoms with Gasteiger partial charge in [-0.15, -0.1) is 11.3 Å². The highest BCUT2D eigenvalue weighted by Gasteiger charge is 2.31. The zero-order valence-corrected chi connectivity index (χ0v) is 19.8. The van der Waals surface area contributed by atoms with Crippen LogP contribution in [-0.2, 0) is 14.4 Å². The Morgan fingerprint density at radius 2 is 2.06 bits per heavy atom. The van der Waals surface area contributed by atoms with E-state index in [1.165, 1.54) is 23.2 Å². The number of para-hydroxylation sites is 1. The Bertz CT molecular complexity index is 1060. The Morgan fingerprint density at radius 3 is 2.76 bits per heavy atom. The molecule has 2 heterocycles. The molecule has 2 aromatic rings. The molecule has 1 unspecified atom stereocenters. The van der Waals surface area contributed by atoms with E-state index in [1.54, 1.807) is 0 Å². The highest BCUT2D eigenvalue weighted by atomic mass is 32.1. The fourth-order valence-corrected chi connectivity index (χ4v) is 4.75. The third-order valence-electron chi connectivity index (χ3n) is 5.34. The number of ketones is 1. The predicted octanol–water partition coefficient (Wildman–Crippen LogP) is 0.145. The Hall–Kier alpha value is -3.54. The predicted molar refractivity (Wildman–Crippen MR) is 129 cm³/mol. The van der Waals surface area contributed by atoms with Gasteiger partial charge in [-0.3, -0.25) is 24.2 Å². The highest BCUT2D eigenvalue weighted by molar-refractivity contribution is 7.20. The molecule has 0 saturated carbocycles. The lowest BCUT2D eigenvalue weighted by atomic mass is 10.0. The van der Waals surface area contributed by atoms with E-state index >= 15 is 0 Å². The first-order valence-corrected chi connectivity index (χ1v) is 11.9. The van der Waals surface area contributed by atoms with Crippen LogP contribution in [-0.4, -0.2) is 71.1 Å². The number of nitrogens with one attached hydrogen (secondary N) is 2. The summed E-state index contributed by atoms with van der Waals surface area (Å²) in [7, 11) is 0. The molecule has 1 aromatic carbocycles. The van der Waals surface area contributed by atoms with Crippen LogP contribution in [0.4, 0.5) is 0 Å². The smallest absolute Gasteiger partial charge is 0.245 e. The van der Waals surface area contributed by atoms with Crippen molar-refractivity contribution in [1.82, 2.24) is 20.5 Å². The SMILES string of the molecule is CC(=O)N[C@H]1CCCN(CC(=O)NC(CCCN=C(N)N)C(=O)c2nc3ccccc3s2)C1=O. The van der Waals surface area contributed by atoms with Gasteiger partial charge in [-0.25, -0.2) is 4.98 Å². The zero-order chi connectivity index (χ0) is 24.7. The van der Waals surface area contributed by atoms with E-state index in [-0.39, 0.29) is 30.1 Å². The molecule has 0 bridgehead atoms. The second kappa shape index (κ2) is 11.5. The molecule has 34 heavy (non-hydrogen) atoms. The molecular weight excluding hydrogens is 458 g/mol. The molecule has 0 radical (unpaired) electrons. The summed E-state index contributed by atoms with van der Waals surface area (Å²) in [5, 5.41) is 5.67. The average Bonchev–Trinajstić information content (AvgIpc) is 3.22. The van der Waals surface area contributed by atoms with Crippen LogP contribution in [0.15, 0.2) is 29.3 Å². The largest absolute Gasteiger partial charge is 0.370 e. The van der Waals surface area contributed by atoms with Crippen LogP contribution in [0.1, 0.15) is 42.4 Å². The van der Waals surface area contributed by atoms with Gasteiger partial charge in [0.25, 0.3) is 0 Å². The highest BCUT2D eigenvalue weighted by Crippen LogP contribution is 2.23. The number of fused-ring (bicyclic) bond motifs is 1. The molecular formula is C22H29N7O4S. The molecule has 6 N–H and O–H groups in total. The molecule has 3 amide bonds. The van der Waals surface area contributed by atoms with E-state index in [2.05, 4.69) is 20.6 Å². The molecule has 12 heteroatoms. The summed E-state index contributed by atoms with van der Waals surface area (Å²) < 4.78 is 0.874. The van der Waals surface area contributed by atoms with E-state index in [9.17, 15) is 19.2 Å². The number of Topliss-reactive ketones (excluding diaryl/α,β-unsaturated/α-hetero) is 1. The molecule has 1 aliphatic rings. The van der Waals surface area contributed by atoms with Crippen molar-refractivity contribution in [3.05, 3.63) is 29.3 Å². The molecule has 0 spiro atoms. The number of aromatic nitrogens is 1. The maximum absolute atomic E-state index is 13.2. The number of carbonyl (C=O) groups is 4. The number of thiazole rings is 1. The molecule has 1 fully saturated rings. The summed E-state index contributed by atoms with van der Waals surface area (Å²) in [6.45, 7) is 1.86. The summed E-state index contributed by atoms with van der Waals surface area (Å²) in [6, 6.07) is 5.93. The minimum atomic E-state index is -0.840. The number of hydrogen-bond donors (Lipinski definition) is 4. The number of rotatable bonds is 10. The van der Waals surface area contributed by atoms with Crippen LogP contribution in [0.3, 0.4) is 0 Å². The molecule has 1 saturated heterocycles. The van der Waals surface area contributed by atoms with E-state index in [0.717, 1.165) is 4.70 Å². The normalized spacial score (nSPS) is 16.7. The van der Waals surface area contributed by atoms with Gasteiger partial charge in [-0.2, -0.15) is 0 Å². The number of aliphatic imine (C=N–C) groups is 1. The maximum atomic E-state index is 13.2. The third-order valence-corrected chi connectivity index (χ3v) is 6.40.